The minimum atomic E-state index is -4.70. The standard InChI is InChI=1S/C17H17F3N2O2S/c18-17(19,20)24-13-3-1-11(2-4-13)14-5-6-15(25-14)16(23)22-12-7-9-21-10-8-12/h1-6,12,21H,7-10H2,(H,22,23). The molecule has 1 aliphatic heterocycles. The SMILES string of the molecule is O=C(NC1CCNCC1)c1ccc(-c2ccc(OC(F)(F)F)cc2)s1. The molecule has 1 amide bonds. The predicted octanol–water partition coefficient (Wildman–Crippen LogP) is 3.80. The summed E-state index contributed by atoms with van der Waals surface area (Å²) >= 11 is 1.31. The van der Waals surface area contributed by atoms with E-state index in [9.17, 15) is 18.0 Å². The van der Waals surface area contributed by atoms with Gasteiger partial charge in [0.2, 0.25) is 0 Å². The van der Waals surface area contributed by atoms with Crippen molar-refractivity contribution in [3.8, 4) is 16.2 Å². The Morgan fingerprint density at radius 2 is 1.80 bits per heavy atom. The first kappa shape index (κ1) is 17.8. The van der Waals surface area contributed by atoms with Crippen molar-refractivity contribution in [2.45, 2.75) is 25.2 Å². The van der Waals surface area contributed by atoms with E-state index < -0.39 is 6.36 Å². The van der Waals surface area contributed by atoms with E-state index in [1.807, 2.05) is 0 Å². The van der Waals surface area contributed by atoms with Crippen molar-refractivity contribution in [1.82, 2.24) is 10.6 Å². The third kappa shape index (κ3) is 4.96. The van der Waals surface area contributed by atoms with Gasteiger partial charge in [-0.25, -0.2) is 0 Å². The van der Waals surface area contributed by atoms with E-state index in [0.717, 1.165) is 36.4 Å². The number of alkyl halides is 3. The fraction of sp³-hybridized carbons (Fsp3) is 0.353. The van der Waals surface area contributed by atoms with Crippen LogP contribution in [-0.4, -0.2) is 31.4 Å². The number of halogens is 3. The highest BCUT2D eigenvalue weighted by molar-refractivity contribution is 7.17. The molecule has 2 N–H and O–H groups in total. The van der Waals surface area contributed by atoms with Crippen LogP contribution in [0.5, 0.6) is 5.75 Å². The molecule has 8 heteroatoms. The van der Waals surface area contributed by atoms with E-state index in [4.69, 9.17) is 0 Å². The molecule has 4 nitrogen and oxygen atoms in total. The van der Waals surface area contributed by atoms with Crippen LogP contribution in [0.2, 0.25) is 0 Å². The monoisotopic (exact) mass is 370 g/mol. The van der Waals surface area contributed by atoms with Crippen molar-refractivity contribution in [1.29, 1.82) is 0 Å². The maximum Gasteiger partial charge on any atom is 0.573 e. The number of amides is 1. The van der Waals surface area contributed by atoms with E-state index in [-0.39, 0.29) is 17.7 Å². The van der Waals surface area contributed by atoms with Gasteiger partial charge in [0.1, 0.15) is 5.75 Å². The number of piperidine rings is 1. The Balaban J connectivity index is 1.65. The number of carbonyl (C=O) groups is 1. The van der Waals surface area contributed by atoms with Crippen LogP contribution in [-0.2, 0) is 0 Å². The summed E-state index contributed by atoms with van der Waals surface area (Å²) in [5.41, 5.74) is 0.737. The van der Waals surface area contributed by atoms with Crippen molar-refractivity contribution in [3.63, 3.8) is 0 Å². The number of carbonyl (C=O) groups excluding carboxylic acids is 1. The Labute approximate surface area is 147 Å². The molecule has 1 aromatic carbocycles. The third-order valence-electron chi connectivity index (χ3n) is 3.88. The number of ether oxygens (including phenoxy) is 1. The Bertz CT molecular complexity index is 722. The van der Waals surface area contributed by atoms with Crippen LogP contribution in [0.4, 0.5) is 13.2 Å². The molecule has 1 saturated heterocycles. The van der Waals surface area contributed by atoms with Gasteiger partial charge in [-0.15, -0.1) is 24.5 Å². The molecule has 134 valence electrons. The Kier molecular flexibility index (Phi) is 5.29. The average molecular weight is 370 g/mol. The summed E-state index contributed by atoms with van der Waals surface area (Å²) in [6, 6.07) is 9.31. The third-order valence-corrected chi connectivity index (χ3v) is 5.01. The molecule has 0 spiro atoms. The van der Waals surface area contributed by atoms with Crippen LogP contribution in [0.3, 0.4) is 0 Å². The Hall–Kier alpha value is -2.06. The summed E-state index contributed by atoms with van der Waals surface area (Å²) in [5, 5.41) is 6.26. The summed E-state index contributed by atoms with van der Waals surface area (Å²) < 4.78 is 40.4. The van der Waals surface area contributed by atoms with E-state index in [2.05, 4.69) is 15.4 Å². The lowest BCUT2D eigenvalue weighted by Gasteiger charge is -2.23. The molecule has 0 atom stereocenters. The topological polar surface area (TPSA) is 50.4 Å². The van der Waals surface area contributed by atoms with Gasteiger partial charge in [-0.1, -0.05) is 0 Å². The van der Waals surface area contributed by atoms with Crippen LogP contribution in [0, 0.1) is 0 Å². The molecule has 0 saturated carbocycles. The molecule has 0 unspecified atom stereocenters. The minimum absolute atomic E-state index is 0.111. The molecule has 1 aromatic heterocycles. The molecule has 2 heterocycles. The summed E-state index contributed by atoms with van der Waals surface area (Å²) in [5.74, 6) is -0.378. The van der Waals surface area contributed by atoms with Crippen LogP contribution < -0.4 is 15.4 Å². The van der Waals surface area contributed by atoms with Gasteiger partial charge in [0.05, 0.1) is 4.88 Å². The lowest BCUT2D eigenvalue weighted by molar-refractivity contribution is -0.274. The van der Waals surface area contributed by atoms with Crippen molar-refractivity contribution < 1.29 is 22.7 Å². The number of rotatable bonds is 4. The minimum Gasteiger partial charge on any atom is -0.406 e. The first-order valence-electron chi connectivity index (χ1n) is 7.88. The first-order valence-corrected chi connectivity index (χ1v) is 8.70. The molecule has 0 bridgehead atoms. The predicted molar refractivity (Wildman–Crippen MR) is 89.8 cm³/mol. The van der Waals surface area contributed by atoms with Crippen molar-refractivity contribution in [2.75, 3.05) is 13.1 Å². The van der Waals surface area contributed by atoms with Gasteiger partial charge in [-0.05, 0) is 67.9 Å². The van der Waals surface area contributed by atoms with Gasteiger partial charge in [-0.3, -0.25) is 4.79 Å². The zero-order valence-electron chi connectivity index (χ0n) is 13.2. The number of benzene rings is 1. The second-order valence-corrected chi connectivity index (χ2v) is 6.82. The van der Waals surface area contributed by atoms with Gasteiger partial charge >= 0.3 is 6.36 Å². The summed E-state index contributed by atoms with van der Waals surface area (Å²) in [6.07, 6.45) is -2.89. The van der Waals surface area contributed by atoms with Crippen molar-refractivity contribution >= 4 is 17.2 Å². The molecule has 2 aromatic rings. The largest absolute Gasteiger partial charge is 0.573 e. The highest BCUT2D eigenvalue weighted by Gasteiger charge is 2.31. The number of hydrogen-bond donors (Lipinski definition) is 2. The van der Waals surface area contributed by atoms with Gasteiger partial charge in [-0.2, -0.15) is 0 Å². The van der Waals surface area contributed by atoms with Crippen LogP contribution >= 0.6 is 11.3 Å². The fourth-order valence-electron chi connectivity index (χ4n) is 2.66. The highest BCUT2D eigenvalue weighted by Crippen LogP contribution is 2.31. The smallest absolute Gasteiger partial charge is 0.406 e. The fourth-order valence-corrected chi connectivity index (χ4v) is 3.57. The lowest BCUT2D eigenvalue weighted by Crippen LogP contribution is -2.42. The van der Waals surface area contributed by atoms with Crippen molar-refractivity contribution in [3.05, 3.63) is 41.3 Å². The van der Waals surface area contributed by atoms with Crippen LogP contribution in [0.15, 0.2) is 36.4 Å². The molecular weight excluding hydrogens is 353 g/mol. The van der Waals surface area contributed by atoms with E-state index >= 15 is 0 Å². The van der Waals surface area contributed by atoms with Crippen LogP contribution in [0.25, 0.3) is 10.4 Å². The zero-order chi connectivity index (χ0) is 17.9. The second-order valence-electron chi connectivity index (χ2n) is 5.73. The molecule has 0 radical (unpaired) electrons. The average Bonchev–Trinajstić information content (AvgIpc) is 3.05. The second kappa shape index (κ2) is 7.45. The molecule has 1 aliphatic rings. The number of nitrogens with one attached hydrogen (secondary N) is 2. The van der Waals surface area contributed by atoms with Crippen molar-refractivity contribution in [2.24, 2.45) is 0 Å². The summed E-state index contributed by atoms with van der Waals surface area (Å²) in [6.45, 7) is 1.79. The van der Waals surface area contributed by atoms with Gasteiger partial charge in [0.15, 0.2) is 0 Å². The highest BCUT2D eigenvalue weighted by atomic mass is 32.1. The molecule has 25 heavy (non-hydrogen) atoms. The normalized spacial score (nSPS) is 15.8. The van der Waals surface area contributed by atoms with Crippen LogP contribution in [0.1, 0.15) is 22.5 Å². The summed E-state index contributed by atoms with van der Waals surface area (Å²) in [7, 11) is 0. The maximum absolute atomic E-state index is 12.3. The Morgan fingerprint density at radius 1 is 1.12 bits per heavy atom. The quantitative estimate of drug-likeness (QED) is 0.861. The van der Waals surface area contributed by atoms with Gasteiger partial charge in [0.25, 0.3) is 5.91 Å². The molecule has 1 fully saturated rings. The van der Waals surface area contributed by atoms with E-state index in [1.54, 1.807) is 24.3 Å². The summed E-state index contributed by atoms with van der Waals surface area (Å²) in [4.78, 5) is 13.7. The van der Waals surface area contributed by atoms with Gasteiger partial charge < -0.3 is 15.4 Å². The number of thiophene rings is 1. The van der Waals surface area contributed by atoms with E-state index in [1.165, 1.54) is 23.5 Å². The molecule has 3 rings (SSSR count). The lowest BCUT2D eigenvalue weighted by atomic mass is 10.1. The molecule has 0 aliphatic carbocycles. The molecular formula is C17H17F3N2O2S. The first-order chi connectivity index (χ1) is 11.9. The van der Waals surface area contributed by atoms with Gasteiger partial charge in [0, 0.05) is 10.9 Å². The zero-order valence-corrected chi connectivity index (χ0v) is 14.0. The number of hydrogen-bond acceptors (Lipinski definition) is 4. The van der Waals surface area contributed by atoms with E-state index in [0.29, 0.717) is 4.88 Å². The Morgan fingerprint density at radius 3 is 2.44 bits per heavy atom. The maximum atomic E-state index is 12.3.